The molecule has 1 atom stereocenters. The van der Waals surface area contributed by atoms with Crippen LogP contribution in [0.5, 0.6) is 0 Å². The van der Waals surface area contributed by atoms with Crippen LogP contribution < -0.4 is 15.5 Å². The van der Waals surface area contributed by atoms with Crippen LogP contribution in [0.25, 0.3) is 0 Å². The smallest absolute Gasteiger partial charge is 0.225 e. The Balaban J connectivity index is 1.46. The lowest BCUT2D eigenvalue weighted by atomic mass is 10.0. The Kier molecular flexibility index (Phi) is 4.82. The average molecular weight is 275 g/mol. The minimum absolute atomic E-state index is 0.665. The molecule has 0 saturated carbocycles. The van der Waals surface area contributed by atoms with E-state index in [-0.39, 0.29) is 0 Å². The van der Waals surface area contributed by atoms with Gasteiger partial charge in [0.05, 0.1) is 0 Å². The predicted octanol–water partition coefficient (Wildman–Crippen LogP) is 1.18. The van der Waals surface area contributed by atoms with Gasteiger partial charge in [-0.3, -0.25) is 0 Å². The number of hydrogen-bond donors (Lipinski definition) is 2. The van der Waals surface area contributed by atoms with Gasteiger partial charge in [0.25, 0.3) is 0 Å². The van der Waals surface area contributed by atoms with Crippen LogP contribution in [0.1, 0.15) is 32.1 Å². The molecule has 2 aliphatic rings. The summed E-state index contributed by atoms with van der Waals surface area (Å²) in [5.74, 6) is 0.879. The molecule has 0 aliphatic carbocycles. The van der Waals surface area contributed by atoms with E-state index in [1.165, 1.54) is 38.6 Å². The first-order valence-electron chi connectivity index (χ1n) is 7.90. The minimum Gasteiger partial charge on any atom is -0.341 e. The maximum Gasteiger partial charge on any atom is 0.225 e. The highest BCUT2D eigenvalue weighted by Gasteiger charge is 2.23. The molecule has 5 heteroatoms. The first-order chi connectivity index (χ1) is 9.92. The van der Waals surface area contributed by atoms with Crippen LogP contribution in [0, 0.1) is 0 Å². The van der Waals surface area contributed by atoms with E-state index in [0.717, 1.165) is 25.6 Å². The van der Waals surface area contributed by atoms with Crippen molar-refractivity contribution in [3.63, 3.8) is 0 Å². The second-order valence-corrected chi connectivity index (χ2v) is 5.85. The standard InChI is InChI=1S/C15H25N5/c1-3-13(4-10-16-7-1)19-14-5-11-20(12-6-14)15-17-8-2-9-18-15/h2,8-9,13-14,16,19H,1,3-7,10-12H2. The van der Waals surface area contributed by atoms with E-state index < -0.39 is 0 Å². The summed E-state index contributed by atoms with van der Waals surface area (Å²) in [7, 11) is 0. The van der Waals surface area contributed by atoms with Crippen molar-refractivity contribution >= 4 is 5.95 Å². The number of nitrogens with zero attached hydrogens (tertiary/aromatic N) is 3. The van der Waals surface area contributed by atoms with Crippen LogP contribution in [0.15, 0.2) is 18.5 Å². The molecule has 1 aromatic rings. The Morgan fingerprint density at radius 2 is 1.75 bits per heavy atom. The fraction of sp³-hybridized carbons (Fsp3) is 0.733. The van der Waals surface area contributed by atoms with E-state index in [9.17, 15) is 0 Å². The van der Waals surface area contributed by atoms with Crippen molar-refractivity contribution in [1.29, 1.82) is 0 Å². The van der Waals surface area contributed by atoms with E-state index in [1.54, 1.807) is 0 Å². The summed E-state index contributed by atoms with van der Waals surface area (Å²) in [4.78, 5) is 11.0. The fourth-order valence-corrected chi connectivity index (χ4v) is 3.22. The monoisotopic (exact) mass is 275 g/mol. The molecule has 2 aliphatic heterocycles. The van der Waals surface area contributed by atoms with Crippen molar-refractivity contribution in [2.75, 3.05) is 31.1 Å². The first-order valence-corrected chi connectivity index (χ1v) is 7.90. The molecule has 5 nitrogen and oxygen atoms in total. The lowest BCUT2D eigenvalue weighted by molar-refractivity contribution is 0.347. The molecule has 0 amide bonds. The van der Waals surface area contributed by atoms with Crippen molar-refractivity contribution in [1.82, 2.24) is 20.6 Å². The maximum absolute atomic E-state index is 4.34. The maximum atomic E-state index is 4.34. The number of hydrogen-bond acceptors (Lipinski definition) is 5. The van der Waals surface area contributed by atoms with Crippen LogP contribution in [-0.2, 0) is 0 Å². The molecule has 0 spiro atoms. The number of aromatic nitrogens is 2. The van der Waals surface area contributed by atoms with Crippen molar-refractivity contribution in [3.8, 4) is 0 Å². The molecular formula is C15H25N5. The van der Waals surface area contributed by atoms with E-state index in [0.29, 0.717) is 12.1 Å². The van der Waals surface area contributed by atoms with Crippen LogP contribution >= 0.6 is 0 Å². The number of rotatable bonds is 3. The van der Waals surface area contributed by atoms with Gasteiger partial charge in [-0.2, -0.15) is 0 Å². The minimum atomic E-state index is 0.665. The summed E-state index contributed by atoms with van der Waals surface area (Å²) in [6.45, 7) is 4.47. The lowest BCUT2D eigenvalue weighted by Crippen LogP contribution is -2.46. The fourth-order valence-electron chi connectivity index (χ4n) is 3.22. The molecule has 1 aromatic heterocycles. The van der Waals surface area contributed by atoms with E-state index in [2.05, 4.69) is 25.5 Å². The van der Waals surface area contributed by atoms with Gasteiger partial charge in [-0.15, -0.1) is 0 Å². The molecule has 0 radical (unpaired) electrons. The summed E-state index contributed by atoms with van der Waals surface area (Å²) < 4.78 is 0. The summed E-state index contributed by atoms with van der Waals surface area (Å²) >= 11 is 0. The number of nitrogens with one attached hydrogen (secondary N) is 2. The SMILES string of the molecule is c1cnc(N2CCC(NC3CCCNCC3)CC2)nc1. The van der Waals surface area contributed by atoms with Crippen molar-refractivity contribution in [2.24, 2.45) is 0 Å². The predicted molar refractivity (Wildman–Crippen MR) is 80.9 cm³/mol. The second kappa shape index (κ2) is 6.99. The summed E-state index contributed by atoms with van der Waals surface area (Å²) in [5.41, 5.74) is 0. The molecule has 110 valence electrons. The first kappa shape index (κ1) is 13.8. The quantitative estimate of drug-likeness (QED) is 0.867. The average Bonchev–Trinajstić information content (AvgIpc) is 2.78. The van der Waals surface area contributed by atoms with Gasteiger partial charge in [0.1, 0.15) is 0 Å². The van der Waals surface area contributed by atoms with Gasteiger partial charge in [-0.1, -0.05) is 0 Å². The van der Waals surface area contributed by atoms with Gasteiger partial charge in [-0.05, 0) is 51.3 Å². The van der Waals surface area contributed by atoms with Crippen molar-refractivity contribution in [2.45, 2.75) is 44.2 Å². The second-order valence-electron chi connectivity index (χ2n) is 5.85. The van der Waals surface area contributed by atoms with Gasteiger partial charge in [0.2, 0.25) is 5.95 Å². The summed E-state index contributed by atoms with van der Waals surface area (Å²) in [6, 6.07) is 3.24. The Morgan fingerprint density at radius 3 is 2.55 bits per heavy atom. The molecule has 0 aromatic carbocycles. The third-order valence-corrected chi connectivity index (χ3v) is 4.38. The third kappa shape index (κ3) is 3.67. The molecule has 20 heavy (non-hydrogen) atoms. The van der Waals surface area contributed by atoms with E-state index >= 15 is 0 Å². The zero-order chi connectivity index (χ0) is 13.6. The van der Waals surface area contributed by atoms with Crippen molar-refractivity contribution < 1.29 is 0 Å². The van der Waals surface area contributed by atoms with E-state index in [1.807, 2.05) is 18.5 Å². The van der Waals surface area contributed by atoms with Crippen molar-refractivity contribution in [3.05, 3.63) is 18.5 Å². The Morgan fingerprint density at radius 1 is 1.00 bits per heavy atom. The molecule has 3 heterocycles. The normalized spacial score (nSPS) is 25.4. The Hall–Kier alpha value is -1.20. The van der Waals surface area contributed by atoms with Gasteiger partial charge in [-0.25, -0.2) is 9.97 Å². The van der Waals surface area contributed by atoms with Crippen LogP contribution in [0.2, 0.25) is 0 Å². The largest absolute Gasteiger partial charge is 0.341 e. The number of piperidine rings is 1. The highest BCUT2D eigenvalue weighted by atomic mass is 15.3. The molecule has 2 N–H and O–H groups in total. The van der Waals surface area contributed by atoms with Gasteiger partial charge >= 0.3 is 0 Å². The lowest BCUT2D eigenvalue weighted by Gasteiger charge is -2.34. The van der Waals surface area contributed by atoms with Gasteiger partial charge in [0, 0.05) is 37.6 Å². The molecule has 0 bridgehead atoms. The summed E-state index contributed by atoms with van der Waals surface area (Å²) in [6.07, 6.45) is 9.92. The molecule has 2 saturated heterocycles. The summed E-state index contributed by atoms with van der Waals surface area (Å²) in [5, 5.41) is 7.34. The third-order valence-electron chi connectivity index (χ3n) is 4.38. The highest BCUT2D eigenvalue weighted by molar-refractivity contribution is 5.29. The molecule has 2 fully saturated rings. The highest BCUT2D eigenvalue weighted by Crippen LogP contribution is 2.17. The van der Waals surface area contributed by atoms with Gasteiger partial charge < -0.3 is 15.5 Å². The van der Waals surface area contributed by atoms with E-state index in [4.69, 9.17) is 0 Å². The Labute approximate surface area is 121 Å². The topological polar surface area (TPSA) is 53.1 Å². The van der Waals surface area contributed by atoms with Crippen LogP contribution in [0.4, 0.5) is 5.95 Å². The number of anilines is 1. The van der Waals surface area contributed by atoms with Crippen LogP contribution in [-0.4, -0.2) is 48.2 Å². The van der Waals surface area contributed by atoms with Gasteiger partial charge in [0.15, 0.2) is 0 Å². The molecule has 1 unspecified atom stereocenters. The molecular weight excluding hydrogens is 250 g/mol. The van der Waals surface area contributed by atoms with Crippen LogP contribution in [0.3, 0.4) is 0 Å². The zero-order valence-corrected chi connectivity index (χ0v) is 12.1. The molecule has 3 rings (SSSR count). The Bertz CT molecular complexity index is 381. The zero-order valence-electron chi connectivity index (χ0n) is 12.1.